The van der Waals surface area contributed by atoms with E-state index in [-0.39, 0.29) is 18.9 Å². The maximum atomic E-state index is 11.2. The second kappa shape index (κ2) is 8.96. The van der Waals surface area contributed by atoms with E-state index in [1.165, 1.54) is 5.56 Å². The van der Waals surface area contributed by atoms with Crippen molar-refractivity contribution in [3.05, 3.63) is 29.8 Å². The molecule has 5 heteroatoms. The Bertz CT molecular complexity index is 428. The number of aliphatic carboxylic acids is 1. The van der Waals surface area contributed by atoms with Gasteiger partial charge >= 0.3 is 5.97 Å². The summed E-state index contributed by atoms with van der Waals surface area (Å²) in [4.78, 5) is 21.5. The lowest BCUT2D eigenvalue weighted by molar-refractivity contribution is -0.137. The molecule has 0 aliphatic heterocycles. The minimum Gasteiger partial charge on any atom is -0.494 e. The normalized spacial score (nSPS) is 10.1. The number of hydrogen-bond donors (Lipinski definition) is 2. The molecule has 5 nitrogen and oxygen atoms in total. The smallest absolute Gasteiger partial charge is 0.322 e. The summed E-state index contributed by atoms with van der Waals surface area (Å²) in [6.07, 6.45) is 3.00. The van der Waals surface area contributed by atoms with E-state index in [1.807, 2.05) is 24.3 Å². The standard InChI is InChI=1S/C15H21NO4/c1-2-4-12-6-8-13(9-7-12)20-10-3-5-14(17)16-11-15(18)19/h6-9H,2-5,10-11H2,1H3,(H,16,17)(H,18,19). The number of aryl methyl sites for hydroxylation is 1. The van der Waals surface area contributed by atoms with Gasteiger partial charge in [-0.25, -0.2) is 0 Å². The first-order valence-electron chi connectivity index (χ1n) is 6.82. The fourth-order valence-electron chi connectivity index (χ4n) is 1.73. The van der Waals surface area contributed by atoms with Crippen molar-refractivity contribution in [2.45, 2.75) is 32.6 Å². The number of ether oxygens (including phenoxy) is 1. The van der Waals surface area contributed by atoms with Gasteiger partial charge in [-0.3, -0.25) is 9.59 Å². The second-order valence-electron chi connectivity index (χ2n) is 4.52. The number of hydrogen-bond acceptors (Lipinski definition) is 3. The van der Waals surface area contributed by atoms with E-state index in [9.17, 15) is 9.59 Å². The van der Waals surface area contributed by atoms with Crippen LogP contribution in [0.1, 0.15) is 31.7 Å². The van der Waals surface area contributed by atoms with Crippen LogP contribution in [0.5, 0.6) is 5.75 Å². The van der Waals surface area contributed by atoms with Gasteiger partial charge in [0.05, 0.1) is 6.61 Å². The molecule has 0 unspecified atom stereocenters. The summed E-state index contributed by atoms with van der Waals surface area (Å²) in [6, 6.07) is 7.93. The lowest BCUT2D eigenvalue weighted by Gasteiger charge is -2.07. The van der Waals surface area contributed by atoms with Crippen LogP contribution in [0.15, 0.2) is 24.3 Å². The van der Waals surface area contributed by atoms with E-state index in [1.54, 1.807) is 0 Å². The minimum atomic E-state index is -1.04. The molecule has 1 aromatic carbocycles. The average Bonchev–Trinajstić information content (AvgIpc) is 2.43. The highest BCUT2D eigenvalue weighted by Crippen LogP contribution is 2.13. The molecule has 2 N–H and O–H groups in total. The predicted molar refractivity (Wildman–Crippen MR) is 75.8 cm³/mol. The molecule has 110 valence electrons. The third-order valence-corrected chi connectivity index (χ3v) is 2.72. The Kier molecular flexibility index (Phi) is 7.17. The highest BCUT2D eigenvalue weighted by molar-refractivity contribution is 5.80. The number of carbonyl (C=O) groups is 2. The van der Waals surface area contributed by atoms with Crippen molar-refractivity contribution in [1.82, 2.24) is 5.32 Å². The van der Waals surface area contributed by atoms with E-state index in [2.05, 4.69) is 12.2 Å². The molecule has 0 radical (unpaired) electrons. The molecule has 0 saturated heterocycles. The zero-order valence-electron chi connectivity index (χ0n) is 11.7. The molecule has 0 fully saturated rings. The summed E-state index contributed by atoms with van der Waals surface area (Å²) >= 11 is 0. The Morgan fingerprint density at radius 1 is 1.25 bits per heavy atom. The average molecular weight is 279 g/mol. The number of nitrogens with one attached hydrogen (secondary N) is 1. The monoisotopic (exact) mass is 279 g/mol. The summed E-state index contributed by atoms with van der Waals surface area (Å²) in [7, 11) is 0. The molecule has 0 saturated carbocycles. The maximum Gasteiger partial charge on any atom is 0.322 e. The lowest BCUT2D eigenvalue weighted by Crippen LogP contribution is -2.29. The highest BCUT2D eigenvalue weighted by Gasteiger charge is 2.03. The van der Waals surface area contributed by atoms with E-state index >= 15 is 0 Å². The van der Waals surface area contributed by atoms with Crippen molar-refractivity contribution in [1.29, 1.82) is 0 Å². The van der Waals surface area contributed by atoms with Crippen molar-refractivity contribution in [3.8, 4) is 5.75 Å². The Morgan fingerprint density at radius 3 is 2.55 bits per heavy atom. The van der Waals surface area contributed by atoms with Gasteiger partial charge in [0, 0.05) is 6.42 Å². The summed E-state index contributed by atoms with van der Waals surface area (Å²) in [5, 5.41) is 10.7. The van der Waals surface area contributed by atoms with Crippen molar-refractivity contribution in [3.63, 3.8) is 0 Å². The summed E-state index contributed by atoms with van der Waals surface area (Å²) in [6.45, 7) is 2.24. The molecular weight excluding hydrogens is 258 g/mol. The Hall–Kier alpha value is -2.04. The van der Waals surface area contributed by atoms with E-state index in [0.29, 0.717) is 13.0 Å². The van der Waals surface area contributed by atoms with Gasteiger partial charge in [0.15, 0.2) is 0 Å². The number of carboxylic acids is 1. The molecule has 0 atom stereocenters. The van der Waals surface area contributed by atoms with Crippen LogP contribution in [-0.2, 0) is 16.0 Å². The van der Waals surface area contributed by atoms with E-state index in [0.717, 1.165) is 18.6 Å². The van der Waals surface area contributed by atoms with Gasteiger partial charge in [-0.15, -0.1) is 0 Å². The first-order chi connectivity index (χ1) is 9.61. The van der Waals surface area contributed by atoms with Crippen molar-refractivity contribution in [2.75, 3.05) is 13.2 Å². The lowest BCUT2D eigenvalue weighted by atomic mass is 10.1. The van der Waals surface area contributed by atoms with Gasteiger partial charge < -0.3 is 15.2 Å². The van der Waals surface area contributed by atoms with E-state index < -0.39 is 5.97 Å². The van der Waals surface area contributed by atoms with Crippen molar-refractivity contribution < 1.29 is 19.4 Å². The molecule has 1 amide bonds. The molecular formula is C15H21NO4. The molecule has 1 rings (SSSR count). The van der Waals surface area contributed by atoms with E-state index in [4.69, 9.17) is 9.84 Å². The third-order valence-electron chi connectivity index (χ3n) is 2.72. The maximum absolute atomic E-state index is 11.2. The van der Waals surface area contributed by atoms with Crippen LogP contribution >= 0.6 is 0 Å². The minimum absolute atomic E-state index is 0.265. The van der Waals surface area contributed by atoms with Gasteiger partial charge in [-0.1, -0.05) is 25.5 Å². The zero-order valence-corrected chi connectivity index (χ0v) is 11.7. The topological polar surface area (TPSA) is 75.6 Å². The van der Waals surface area contributed by atoms with Gasteiger partial charge in [-0.2, -0.15) is 0 Å². The number of carboxylic acid groups (broad SMARTS) is 1. The summed E-state index contributed by atoms with van der Waals surface area (Å²) in [5.41, 5.74) is 1.29. The van der Waals surface area contributed by atoms with Crippen LogP contribution in [0.3, 0.4) is 0 Å². The largest absolute Gasteiger partial charge is 0.494 e. The van der Waals surface area contributed by atoms with Crippen LogP contribution in [-0.4, -0.2) is 30.1 Å². The SMILES string of the molecule is CCCc1ccc(OCCCC(=O)NCC(=O)O)cc1. The Balaban J connectivity index is 2.17. The van der Waals surface area contributed by atoms with Gasteiger partial charge in [0.1, 0.15) is 12.3 Å². The molecule has 0 aliphatic rings. The highest BCUT2D eigenvalue weighted by atomic mass is 16.5. The van der Waals surface area contributed by atoms with Crippen LogP contribution in [0.4, 0.5) is 0 Å². The Labute approximate surface area is 118 Å². The third kappa shape index (κ3) is 6.78. The van der Waals surface area contributed by atoms with Gasteiger partial charge in [0.2, 0.25) is 5.91 Å². The fraction of sp³-hybridized carbons (Fsp3) is 0.467. The van der Waals surface area contributed by atoms with Gasteiger partial charge in [-0.05, 0) is 30.5 Å². The van der Waals surface area contributed by atoms with Crippen molar-refractivity contribution in [2.24, 2.45) is 0 Å². The van der Waals surface area contributed by atoms with Crippen LogP contribution in [0, 0.1) is 0 Å². The molecule has 0 heterocycles. The summed E-state index contributed by atoms with van der Waals surface area (Å²) in [5.74, 6) is -0.521. The number of benzene rings is 1. The molecule has 0 bridgehead atoms. The predicted octanol–water partition coefficient (Wildman–Crippen LogP) is 2.00. The Morgan fingerprint density at radius 2 is 1.95 bits per heavy atom. The van der Waals surface area contributed by atoms with Crippen LogP contribution in [0.25, 0.3) is 0 Å². The first kappa shape index (κ1) is 16.0. The molecule has 0 aromatic heterocycles. The summed E-state index contributed by atoms with van der Waals surface area (Å²) < 4.78 is 5.52. The number of carbonyl (C=O) groups excluding carboxylic acids is 1. The second-order valence-corrected chi connectivity index (χ2v) is 4.52. The number of rotatable bonds is 9. The zero-order chi connectivity index (χ0) is 14.8. The van der Waals surface area contributed by atoms with Crippen molar-refractivity contribution >= 4 is 11.9 Å². The van der Waals surface area contributed by atoms with Gasteiger partial charge in [0.25, 0.3) is 0 Å². The number of amides is 1. The molecule has 0 spiro atoms. The van der Waals surface area contributed by atoms with Crippen LogP contribution in [0.2, 0.25) is 0 Å². The quantitative estimate of drug-likeness (QED) is 0.678. The molecule has 0 aliphatic carbocycles. The molecule has 20 heavy (non-hydrogen) atoms. The molecule has 1 aromatic rings. The fourth-order valence-corrected chi connectivity index (χ4v) is 1.73. The van der Waals surface area contributed by atoms with Crippen LogP contribution < -0.4 is 10.1 Å². The first-order valence-corrected chi connectivity index (χ1v) is 6.82.